The number of hydrogen-bond donors (Lipinski definition) is 3. The van der Waals surface area contributed by atoms with Crippen molar-refractivity contribution in [2.45, 2.75) is 13.3 Å². The minimum atomic E-state index is -1.42. The number of hydrogen-bond acceptors (Lipinski definition) is 4. The van der Waals surface area contributed by atoms with Crippen LogP contribution < -0.4 is 10.6 Å². The van der Waals surface area contributed by atoms with Crippen molar-refractivity contribution in [3.8, 4) is 22.3 Å². The van der Waals surface area contributed by atoms with Crippen LogP contribution in [-0.2, 0) is 4.79 Å². The molecule has 0 saturated heterocycles. The number of nitrogens with one attached hydrogen (secondary N) is 2. The van der Waals surface area contributed by atoms with Gasteiger partial charge < -0.3 is 10.4 Å². The molecule has 0 aliphatic rings. The van der Waals surface area contributed by atoms with Crippen LogP contribution >= 0.6 is 0 Å². The number of benzene rings is 3. The molecule has 0 fully saturated rings. The van der Waals surface area contributed by atoms with E-state index in [1.54, 1.807) is 54.7 Å². The second-order valence-corrected chi connectivity index (χ2v) is 8.06. The molecule has 4 aromatic rings. The van der Waals surface area contributed by atoms with E-state index in [9.17, 15) is 14.4 Å². The van der Waals surface area contributed by atoms with Crippen molar-refractivity contribution in [1.82, 2.24) is 4.98 Å². The molecule has 3 aromatic carbocycles. The molecule has 0 aliphatic carbocycles. The third-order valence-corrected chi connectivity index (χ3v) is 5.47. The minimum Gasteiger partial charge on any atom is -0.465 e. The smallest absolute Gasteiger partial charge is 0.409 e. The molecule has 0 saturated carbocycles. The number of anilines is 2. The number of nitrogens with zero attached hydrogens (tertiary/aromatic N) is 1. The van der Waals surface area contributed by atoms with Crippen LogP contribution in [0.2, 0.25) is 0 Å². The first-order valence-corrected chi connectivity index (χ1v) is 11.1. The highest BCUT2D eigenvalue weighted by Crippen LogP contribution is 2.34. The Kier molecular flexibility index (Phi) is 7.15. The highest BCUT2D eigenvalue weighted by Gasteiger charge is 2.20. The van der Waals surface area contributed by atoms with Gasteiger partial charge in [-0.2, -0.15) is 0 Å². The lowest BCUT2D eigenvalue weighted by atomic mass is 10.00. The van der Waals surface area contributed by atoms with Gasteiger partial charge in [0, 0.05) is 23.0 Å². The van der Waals surface area contributed by atoms with Crippen LogP contribution in [0.25, 0.3) is 22.3 Å². The molecule has 2 amide bonds. The molecule has 4 rings (SSSR count). The molecule has 7 nitrogen and oxygen atoms in total. The Labute approximate surface area is 206 Å². The molecule has 3 N–H and O–H groups in total. The summed E-state index contributed by atoms with van der Waals surface area (Å²) in [6, 6.07) is 21.9. The first kappa shape index (κ1) is 24.3. The van der Waals surface area contributed by atoms with Crippen molar-refractivity contribution >= 4 is 29.2 Å². The van der Waals surface area contributed by atoms with Crippen molar-refractivity contribution in [1.29, 1.82) is 0 Å². The number of carboxylic acid groups (broad SMARTS) is 1. The number of Topliss-reactive ketones (excluding diaryl/α,β-unsaturated/α-hetero) is 1. The average molecular weight is 483 g/mol. The molecule has 0 atom stereocenters. The fourth-order valence-corrected chi connectivity index (χ4v) is 3.79. The van der Waals surface area contributed by atoms with Gasteiger partial charge in [0.25, 0.3) is 0 Å². The Morgan fingerprint density at radius 1 is 0.861 bits per heavy atom. The maximum absolute atomic E-state index is 15.4. The fourth-order valence-electron chi connectivity index (χ4n) is 3.79. The van der Waals surface area contributed by atoms with Gasteiger partial charge in [0.1, 0.15) is 5.69 Å². The monoisotopic (exact) mass is 483 g/mol. The van der Waals surface area contributed by atoms with Gasteiger partial charge in [-0.25, -0.2) is 9.18 Å². The number of carbonyl (C=O) groups is 3. The molecule has 8 heteroatoms. The van der Waals surface area contributed by atoms with Gasteiger partial charge in [-0.05, 0) is 53.9 Å². The Hall–Kier alpha value is -4.85. The Morgan fingerprint density at radius 2 is 1.58 bits per heavy atom. The van der Waals surface area contributed by atoms with Crippen molar-refractivity contribution in [3.05, 3.63) is 102 Å². The van der Waals surface area contributed by atoms with E-state index < -0.39 is 30.0 Å². The number of aromatic nitrogens is 1. The molecule has 0 radical (unpaired) electrons. The van der Waals surface area contributed by atoms with E-state index in [1.807, 2.05) is 25.1 Å². The summed E-state index contributed by atoms with van der Waals surface area (Å²) in [5.41, 5.74) is 3.05. The van der Waals surface area contributed by atoms with Crippen LogP contribution in [0.15, 0.2) is 85.1 Å². The lowest BCUT2D eigenvalue weighted by Gasteiger charge is -2.15. The van der Waals surface area contributed by atoms with Gasteiger partial charge in [-0.15, -0.1) is 0 Å². The molecule has 1 aromatic heterocycles. The first-order chi connectivity index (χ1) is 17.3. The topological polar surface area (TPSA) is 108 Å². The third kappa shape index (κ3) is 5.61. The van der Waals surface area contributed by atoms with Crippen LogP contribution in [0.4, 0.5) is 20.6 Å². The zero-order chi connectivity index (χ0) is 25.7. The molecule has 1 heterocycles. The van der Waals surface area contributed by atoms with E-state index in [2.05, 4.69) is 15.6 Å². The summed E-state index contributed by atoms with van der Waals surface area (Å²) in [4.78, 5) is 41.0. The summed E-state index contributed by atoms with van der Waals surface area (Å²) in [5, 5.41) is 13.6. The van der Waals surface area contributed by atoms with Crippen LogP contribution in [0.1, 0.15) is 22.5 Å². The van der Waals surface area contributed by atoms with E-state index in [-0.39, 0.29) is 16.9 Å². The quantitative estimate of drug-likeness (QED) is 0.215. The fraction of sp³-hybridized carbons (Fsp3) is 0.0714. The minimum absolute atomic E-state index is 0.143. The molecular weight excluding hydrogens is 461 g/mol. The normalized spacial score (nSPS) is 10.5. The predicted octanol–water partition coefficient (Wildman–Crippen LogP) is 6.16. The number of halogens is 1. The van der Waals surface area contributed by atoms with E-state index in [1.165, 1.54) is 12.1 Å². The summed E-state index contributed by atoms with van der Waals surface area (Å²) in [5.74, 6) is -2.06. The molecule has 0 aliphatic heterocycles. The lowest BCUT2D eigenvalue weighted by Crippen LogP contribution is -2.19. The SMILES string of the molecule is Cc1cc(-c2cccc(C(=O)CC(=O)Nc3c(NC(=O)O)ccc(-c4ccccc4)c3F)c2)ccn1. The van der Waals surface area contributed by atoms with Crippen molar-refractivity contribution in [2.75, 3.05) is 10.6 Å². The summed E-state index contributed by atoms with van der Waals surface area (Å²) >= 11 is 0. The van der Waals surface area contributed by atoms with E-state index >= 15 is 4.39 Å². The summed E-state index contributed by atoms with van der Waals surface area (Å²) in [6.07, 6.45) is -0.301. The van der Waals surface area contributed by atoms with Gasteiger partial charge in [-0.1, -0.05) is 48.5 Å². The first-order valence-electron chi connectivity index (χ1n) is 11.1. The highest BCUT2D eigenvalue weighted by molar-refractivity contribution is 6.12. The summed E-state index contributed by atoms with van der Waals surface area (Å²) in [6.45, 7) is 1.86. The van der Waals surface area contributed by atoms with E-state index in [0.717, 1.165) is 16.8 Å². The van der Waals surface area contributed by atoms with Crippen LogP contribution in [0, 0.1) is 12.7 Å². The predicted molar refractivity (Wildman–Crippen MR) is 135 cm³/mol. The van der Waals surface area contributed by atoms with E-state index in [4.69, 9.17) is 5.11 Å². The lowest BCUT2D eigenvalue weighted by molar-refractivity contribution is -0.115. The van der Waals surface area contributed by atoms with Gasteiger partial charge in [0.2, 0.25) is 5.91 Å². The number of aryl methyl sites for hydroxylation is 1. The number of amides is 2. The van der Waals surface area contributed by atoms with Gasteiger partial charge in [-0.3, -0.25) is 19.9 Å². The number of carbonyl (C=O) groups excluding carboxylic acids is 2. The van der Waals surface area contributed by atoms with E-state index in [0.29, 0.717) is 11.1 Å². The van der Waals surface area contributed by atoms with Gasteiger partial charge in [0.15, 0.2) is 11.6 Å². The highest BCUT2D eigenvalue weighted by atomic mass is 19.1. The Bertz CT molecular complexity index is 1450. The number of pyridine rings is 1. The molecule has 0 spiro atoms. The van der Waals surface area contributed by atoms with Crippen molar-refractivity contribution in [3.63, 3.8) is 0 Å². The van der Waals surface area contributed by atoms with Crippen molar-refractivity contribution in [2.24, 2.45) is 0 Å². The van der Waals surface area contributed by atoms with Crippen molar-refractivity contribution < 1.29 is 23.9 Å². The maximum Gasteiger partial charge on any atom is 0.409 e. The van der Waals surface area contributed by atoms with Gasteiger partial charge >= 0.3 is 6.09 Å². The molecule has 36 heavy (non-hydrogen) atoms. The van der Waals surface area contributed by atoms with Crippen LogP contribution in [-0.4, -0.2) is 27.9 Å². The molecule has 180 valence electrons. The largest absolute Gasteiger partial charge is 0.465 e. The second kappa shape index (κ2) is 10.6. The number of rotatable bonds is 7. The maximum atomic E-state index is 15.4. The molecule has 0 bridgehead atoms. The zero-order valence-electron chi connectivity index (χ0n) is 19.3. The van der Waals surface area contributed by atoms with Crippen LogP contribution in [0.3, 0.4) is 0 Å². The zero-order valence-corrected chi connectivity index (χ0v) is 19.3. The standard InChI is InChI=1S/C28H22FN3O4/c1-17-14-20(12-13-30-17)19-8-5-9-21(15-19)24(33)16-25(34)32-27-23(31-28(35)36)11-10-22(26(27)29)18-6-3-2-4-7-18/h2-15,31H,16H2,1H3,(H,32,34)(H,35,36). The number of ketones is 1. The Morgan fingerprint density at radius 3 is 2.31 bits per heavy atom. The van der Waals surface area contributed by atoms with Gasteiger partial charge in [0.05, 0.1) is 12.1 Å². The Balaban J connectivity index is 1.57. The molecule has 0 unspecified atom stereocenters. The second-order valence-electron chi connectivity index (χ2n) is 8.06. The molecular formula is C28H22FN3O4. The van der Waals surface area contributed by atoms with Crippen LogP contribution in [0.5, 0.6) is 0 Å². The average Bonchev–Trinajstić information content (AvgIpc) is 2.86. The summed E-state index contributed by atoms with van der Waals surface area (Å²) < 4.78 is 15.4. The summed E-state index contributed by atoms with van der Waals surface area (Å²) in [7, 11) is 0. The third-order valence-electron chi connectivity index (χ3n) is 5.47.